The molecule has 0 atom stereocenters. The van der Waals surface area contributed by atoms with Crippen molar-refractivity contribution in [3.8, 4) is 16.3 Å². The highest BCUT2D eigenvalue weighted by Gasteiger charge is 2.09. The molecule has 128 valence electrons. The molecule has 0 bridgehead atoms. The van der Waals surface area contributed by atoms with Gasteiger partial charge in [0.2, 0.25) is 0 Å². The summed E-state index contributed by atoms with van der Waals surface area (Å²) in [5, 5.41) is 0.991. The summed E-state index contributed by atoms with van der Waals surface area (Å²) in [7, 11) is 0. The number of hydrogen-bond acceptors (Lipinski definition) is 4. The number of aliphatic imine (C=N–C) groups is 1. The van der Waals surface area contributed by atoms with Crippen LogP contribution in [-0.2, 0) is 0 Å². The lowest BCUT2D eigenvalue weighted by Crippen LogP contribution is -1.91. The van der Waals surface area contributed by atoms with Crippen molar-refractivity contribution in [2.75, 3.05) is 6.61 Å². The zero-order valence-electron chi connectivity index (χ0n) is 14.4. The van der Waals surface area contributed by atoms with Crippen LogP contribution in [0.15, 0.2) is 77.8 Å². The zero-order chi connectivity index (χ0) is 17.8. The number of aromatic nitrogens is 1. The molecular formula is C22H18N2OS. The van der Waals surface area contributed by atoms with Crippen molar-refractivity contribution in [2.24, 2.45) is 4.99 Å². The quantitative estimate of drug-likeness (QED) is 0.403. The number of rotatable bonds is 5. The van der Waals surface area contributed by atoms with Crippen LogP contribution in [0, 0.1) is 0 Å². The summed E-state index contributed by atoms with van der Waals surface area (Å²) in [4.78, 5) is 9.46. The molecule has 0 radical (unpaired) electrons. The van der Waals surface area contributed by atoms with Gasteiger partial charge in [0, 0.05) is 11.8 Å². The summed E-state index contributed by atoms with van der Waals surface area (Å²) in [6.45, 7) is 2.65. The lowest BCUT2D eigenvalue weighted by molar-refractivity contribution is 0.340. The fourth-order valence-electron chi connectivity index (χ4n) is 2.72. The molecule has 3 aromatic carbocycles. The van der Waals surface area contributed by atoms with E-state index in [1.165, 1.54) is 4.70 Å². The van der Waals surface area contributed by atoms with E-state index in [0.717, 1.165) is 33.1 Å². The molecule has 0 saturated heterocycles. The summed E-state index contributed by atoms with van der Waals surface area (Å²) in [5.41, 5.74) is 4.03. The number of ether oxygens (including phenoxy) is 1. The highest BCUT2D eigenvalue weighted by atomic mass is 32.1. The Morgan fingerprint density at radius 2 is 1.73 bits per heavy atom. The van der Waals surface area contributed by atoms with E-state index in [-0.39, 0.29) is 0 Å². The first kappa shape index (κ1) is 16.5. The van der Waals surface area contributed by atoms with Crippen LogP contribution in [0.3, 0.4) is 0 Å². The maximum atomic E-state index is 5.48. The Kier molecular flexibility index (Phi) is 4.75. The molecule has 0 spiro atoms. The molecule has 4 heteroatoms. The van der Waals surface area contributed by atoms with Crippen molar-refractivity contribution in [1.29, 1.82) is 0 Å². The van der Waals surface area contributed by atoms with Gasteiger partial charge in [-0.05, 0) is 61.0 Å². The molecule has 0 N–H and O–H groups in total. The third-order valence-corrected chi connectivity index (χ3v) is 5.04. The number of benzene rings is 3. The van der Waals surface area contributed by atoms with Gasteiger partial charge in [0.1, 0.15) is 10.8 Å². The molecule has 0 amide bonds. The van der Waals surface area contributed by atoms with Crippen LogP contribution in [0.5, 0.6) is 5.75 Å². The third kappa shape index (κ3) is 3.51. The second kappa shape index (κ2) is 7.50. The van der Waals surface area contributed by atoms with Crippen molar-refractivity contribution in [2.45, 2.75) is 6.92 Å². The van der Waals surface area contributed by atoms with Gasteiger partial charge in [-0.2, -0.15) is 0 Å². The standard InChI is InChI=1S/C22H18N2OS/c1-2-25-17-13-11-16(12-14-17)15-23-19-8-4-3-7-18(19)22-24-20-9-5-6-10-21(20)26-22/h3-15H,2H2,1H3. The summed E-state index contributed by atoms with van der Waals surface area (Å²) in [6.07, 6.45) is 1.88. The topological polar surface area (TPSA) is 34.5 Å². The van der Waals surface area contributed by atoms with Gasteiger partial charge in [0.15, 0.2) is 0 Å². The first-order valence-electron chi connectivity index (χ1n) is 8.55. The van der Waals surface area contributed by atoms with Crippen molar-refractivity contribution >= 4 is 33.5 Å². The second-order valence-corrected chi connectivity index (χ2v) is 6.79. The Bertz CT molecular complexity index is 1020. The normalized spacial score (nSPS) is 11.3. The highest BCUT2D eigenvalue weighted by Crippen LogP contribution is 2.35. The van der Waals surface area contributed by atoms with E-state index in [0.29, 0.717) is 6.61 Å². The molecule has 26 heavy (non-hydrogen) atoms. The fraction of sp³-hybridized carbons (Fsp3) is 0.0909. The third-order valence-electron chi connectivity index (χ3n) is 3.97. The minimum absolute atomic E-state index is 0.670. The molecule has 0 aliphatic heterocycles. The molecule has 4 rings (SSSR count). The van der Waals surface area contributed by atoms with Crippen molar-refractivity contribution in [3.63, 3.8) is 0 Å². The van der Waals surface area contributed by atoms with E-state index in [2.05, 4.69) is 12.1 Å². The Morgan fingerprint density at radius 1 is 0.962 bits per heavy atom. The first-order chi connectivity index (χ1) is 12.8. The van der Waals surface area contributed by atoms with E-state index in [4.69, 9.17) is 14.7 Å². The Hall–Kier alpha value is -2.98. The molecule has 0 aliphatic rings. The summed E-state index contributed by atoms with van der Waals surface area (Å²) in [6, 6.07) is 24.3. The maximum Gasteiger partial charge on any atom is 0.126 e. The van der Waals surface area contributed by atoms with E-state index in [1.54, 1.807) is 11.3 Å². The molecule has 3 nitrogen and oxygen atoms in total. The smallest absolute Gasteiger partial charge is 0.126 e. The van der Waals surface area contributed by atoms with Crippen molar-refractivity contribution in [3.05, 3.63) is 78.4 Å². The number of hydrogen-bond donors (Lipinski definition) is 0. The lowest BCUT2D eigenvalue weighted by Gasteiger charge is -2.03. The van der Waals surface area contributed by atoms with Crippen LogP contribution < -0.4 is 4.74 Å². The van der Waals surface area contributed by atoms with Gasteiger partial charge in [-0.1, -0.05) is 24.3 Å². The largest absolute Gasteiger partial charge is 0.494 e. The van der Waals surface area contributed by atoms with Crippen molar-refractivity contribution in [1.82, 2.24) is 4.98 Å². The number of para-hydroxylation sites is 2. The molecule has 0 unspecified atom stereocenters. The fourth-order valence-corrected chi connectivity index (χ4v) is 3.72. The maximum absolute atomic E-state index is 5.48. The van der Waals surface area contributed by atoms with Gasteiger partial charge < -0.3 is 4.74 Å². The lowest BCUT2D eigenvalue weighted by atomic mass is 10.2. The van der Waals surface area contributed by atoms with Gasteiger partial charge in [-0.3, -0.25) is 4.99 Å². The van der Waals surface area contributed by atoms with Crippen molar-refractivity contribution < 1.29 is 4.74 Å². The first-order valence-corrected chi connectivity index (χ1v) is 9.37. The average molecular weight is 358 g/mol. The molecular weight excluding hydrogens is 340 g/mol. The average Bonchev–Trinajstić information content (AvgIpc) is 3.12. The number of fused-ring (bicyclic) bond motifs is 1. The summed E-state index contributed by atoms with van der Waals surface area (Å²) < 4.78 is 6.67. The van der Waals surface area contributed by atoms with E-state index < -0.39 is 0 Å². The summed E-state index contributed by atoms with van der Waals surface area (Å²) >= 11 is 1.69. The van der Waals surface area contributed by atoms with Crippen LogP contribution >= 0.6 is 11.3 Å². The van der Waals surface area contributed by atoms with Gasteiger partial charge in [0.25, 0.3) is 0 Å². The minimum atomic E-state index is 0.670. The summed E-state index contributed by atoms with van der Waals surface area (Å²) in [5.74, 6) is 0.875. The highest BCUT2D eigenvalue weighted by molar-refractivity contribution is 7.21. The van der Waals surface area contributed by atoms with Gasteiger partial charge >= 0.3 is 0 Å². The monoisotopic (exact) mass is 358 g/mol. The van der Waals surface area contributed by atoms with Crippen LogP contribution in [0.2, 0.25) is 0 Å². The predicted molar refractivity (Wildman–Crippen MR) is 110 cm³/mol. The molecule has 1 heterocycles. The van der Waals surface area contributed by atoms with E-state index in [9.17, 15) is 0 Å². The predicted octanol–water partition coefficient (Wildman–Crippen LogP) is 6.11. The molecule has 0 aliphatic carbocycles. The Balaban J connectivity index is 1.65. The zero-order valence-corrected chi connectivity index (χ0v) is 15.2. The van der Waals surface area contributed by atoms with Crippen LogP contribution in [0.25, 0.3) is 20.8 Å². The molecule has 4 aromatic rings. The number of nitrogens with zero attached hydrogens (tertiary/aromatic N) is 2. The van der Waals surface area contributed by atoms with Crippen LogP contribution in [0.1, 0.15) is 12.5 Å². The van der Waals surface area contributed by atoms with E-state index >= 15 is 0 Å². The SMILES string of the molecule is CCOc1ccc(C=Nc2ccccc2-c2nc3ccccc3s2)cc1. The second-order valence-electron chi connectivity index (χ2n) is 5.76. The Labute approximate surface area is 156 Å². The number of thiazole rings is 1. The van der Waals surface area contributed by atoms with Gasteiger partial charge in [0.05, 0.1) is 22.5 Å². The molecule has 0 fully saturated rings. The molecule has 0 saturated carbocycles. The van der Waals surface area contributed by atoms with Gasteiger partial charge in [-0.15, -0.1) is 11.3 Å². The van der Waals surface area contributed by atoms with Crippen LogP contribution in [-0.4, -0.2) is 17.8 Å². The van der Waals surface area contributed by atoms with Gasteiger partial charge in [-0.25, -0.2) is 4.98 Å². The molecule has 1 aromatic heterocycles. The minimum Gasteiger partial charge on any atom is -0.494 e. The Morgan fingerprint density at radius 3 is 2.54 bits per heavy atom. The van der Waals surface area contributed by atoms with Crippen LogP contribution in [0.4, 0.5) is 5.69 Å². The van der Waals surface area contributed by atoms with E-state index in [1.807, 2.05) is 73.8 Å².